The molecule has 3 heterocycles. The molecule has 0 aliphatic carbocycles. The fraction of sp³-hybridized carbons (Fsp3) is 0.464. The zero-order valence-electron chi connectivity index (χ0n) is 21.2. The van der Waals surface area contributed by atoms with Crippen molar-refractivity contribution >= 4 is 16.8 Å². The van der Waals surface area contributed by atoms with Crippen LogP contribution in [-0.2, 0) is 4.74 Å². The van der Waals surface area contributed by atoms with Crippen LogP contribution in [0.15, 0.2) is 42.5 Å². The van der Waals surface area contributed by atoms with Gasteiger partial charge < -0.3 is 35.1 Å². The number of halogens is 1. The number of aromatic hydroxyl groups is 1. The van der Waals surface area contributed by atoms with E-state index in [0.717, 1.165) is 61.6 Å². The highest BCUT2D eigenvalue weighted by Gasteiger charge is 2.31. The van der Waals surface area contributed by atoms with E-state index in [1.807, 2.05) is 29.2 Å². The molecule has 1 aromatic heterocycles. The van der Waals surface area contributed by atoms with Crippen molar-refractivity contribution in [3.05, 3.63) is 59.5 Å². The molecule has 0 radical (unpaired) electrons. The van der Waals surface area contributed by atoms with Gasteiger partial charge in [0.1, 0.15) is 23.0 Å². The molecule has 1 amide bonds. The Morgan fingerprint density at radius 3 is 2.78 bits per heavy atom. The number of nitrogens with two attached hydrogens (primary N) is 1. The van der Waals surface area contributed by atoms with Crippen molar-refractivity contribution in [1.29, 1.82) is 0 Å². The molecule has 3 aromatic rings. The first-order valence-electron chi connectivity index (χ1n) is 12.9. The third-order valence-corrected chi connectivity index (χ3v) is 7.82. The molecule has 0 spiro atoms. The summed E-state index contributed by atoms with van der Waals surface area (Å²) >= 11 is 0. The SMILES string of the molecule is COc1ccc2cc(C(=O)N3CCOC[C@H]3CCN3CCC(C(N)c4ccc(F)cc4O)CC3)[nH]c2c1. The van der Waals surface area contributed by atoms with Crippen LogP contribution in [0.1, 0.15) is 41.4 Å². The Hall–Kier alpha value is -3.14. The lowest BCUT2D eigenvalue weighted by Gasteiger charge is -2.38. The summed E-state index contributed by atoms with van der Waals surface area (Å²) in [6.45, 7) is 4.30. The average Bonchev–Trinajstić information content (AvgIpc) is 3.35. The number of rotatable bonds is 7. The van der Waals surface area contributed by atoms with Crippen molar-refractivity contribution in [1.82, 2.24) is 14.8 Å². The van der Waals surface area contributed by atoms with Gasteiger partial charge in [0.15, 0.2) is 0 Å². The van der Waals surface area contributed by atoms with E-state index < -0.39 is 5.82 Å². The Morgan fingerprint density at radius 1 is 1.22 bits per heavy atom. The predicted octanol–water partition coefficient (Wildman–Crippen LogP) is 3.66. The molecule has 2 saturated heterocycles. The van der Waals surface area contributed by atoms with E-state index in [4.69, 9.17) is 15.2 Å². The van der Waals surface area contributed by atoms with Crippen LogP contribution in [0.3, 0.4) is 0 Å². The van der Waals surface area contributed by atoms with Gasteiger partial charge in [-0.25, -0.2) is 4.39 Å². The number of aromatic amines is 1. The van der Waals surface area contributed by atoms with Gasteiger partial charge in [0.25, 0.3) is 5.91 Å². The number of morpholine rings is 1. The van der Waals surface area contributed by atoms with Crippen LogP contribution in [0.5, 0.6) is 11.5 Å². The van der Waals surface area contributed by atoms with Crippen molar-refractivity contribution in [2.45, 2.75) is 31.3 Å². The lowest BCUT2D eigenvalue weighted by molar-refractivity contribution is -0.00787. The van der Waals surface area contributed by atoms with E-state index in [1.54, 1.807) is 13.2 Å². The van der Waals surface area contributed by atoms with Crippen molar-refractivity contribution in [3.63, 3.8) is 0 Å². The van der Waals surface area contributed by atoms with E-state index in [0.29, 0.717) is 31.0 Å². The summed E-state index contributed by atoms with van der Waals surface area (Å²) in [6, 6.07) is 11.4. The van der Waals surface area contributed by atoms with Gasteiger partial charge in [-0.05, 0) is 62.5 Å². The topological polar surface area (TPSA) is 104 Å². The lowest BCUT2D eigenvalue weighted by atomic mass is 9.85. The maximum Gasteiger partial charge on any atom is 0.270 e. The number of hydrogen-bond donors (Lipinski definition) is 3. The number of benzene rings is 2. The molecule has 2 aliphatic rings. The Bertz CT molecular complexity index is 1240. The Balaban J connectivity index is 1.16. The molecule has 4 N–H and O–H groups in total. The quantitative estimate of drug-likeness (QED) is 0.448. The van der Waals surface area contributed by atoms with Gasteiger partial charge in [-0.3, -0.25) is 4.79 Å². The number of hydrogen-bond acceptors (Lipinski definition) is 6. The molecular formula is C28H35FN4O4. The van der Waals surface area contributed by atoms with E-state index in [2.05, 4.69) is 9.88 Å². The number of nitrogens with zero attached hydrogens (tertiary/aromatic N) is 2. The second-order valence-corrected chi connectivity index (χ2v) is 10.1. The lowest BCUT2D eigenvalue weighted by Crippen LogP contribution is -2.50. The zero-order valence-corrected chi connectivity index (χ0v) is 21.2. The van der Waals surface area contributed by atoms with Crippen LogP contribution in [0.4, 0.5) is 4.39 Å². The van der Waals surface area contributed by atoms with E-state index >= 15 is 0 Å². The van der Waals surface area contributed by atoms with Crippen LogP contribution in [0.2, 0.25) is 0 Å². The van der Waals surface area contributed by atoms with E-state index in [-0.39, 0.29) is 29.7 Å². The maximum atomic E-state index is 13.4. The van der Waals surface area contributed by atoms with E-state index in [1.165, 1.54) is 6.07 Å². The number of nitrogens with one attached hydrogen (secondary N) is 1. The Morgan fingerprint density at radius 2 is 2.03 bits per heavy atom. The number of H-pyrrole nitrogens is 1. The standard InChI is InChI=1S/C28H35FN4O4/c1-36-22-4-2-19-14-25(31-24(19)16-22)28(35)33-12-13-37-17-21(33)8-11-32-9-6-18(7-10-32)27(30)23-5-3-20(29)15-26(23)34/h2-5,14-16,18,21,27,31,34H,6-13,17,30H2,1H3/t21-,27?/m1/s1. The molecule has 8 nitrogen and oxygen atoms in total. The van der Waals surface area contributed by atoms with Crippen LogP contribution in [0.25, 0.3) is 10.9 Å². The molecule has 0 bridgehead atoms. The fourth-order valence-corrected chi connectivity index (χ4v) is 5.58. The number of amides is 1. The van der Waals surface area contributed by atoms with Crippen LogP contribution in [-0.4, -0.2) is 78.3 Å². The fourth-order valence-electron chi connectivity index (χ4n) is 5.58. The molecule has 1 unspecified atom stereocenters. The first kappa shape index (κ1) is 25.5. The van der Waals surface area contributed by atoms with Gasteiger partial charge in [0, 0.05) is 47.7 Å². The summed E-state index contributed by atoms with van der Waals surface area (Å²) in [5.74, 6) is 0.423. The first-order valence-corrected chi connectivity index (χ1v) is 12.9. The first-order chi connectivity index (χ1) is 17.9. The number of likely N-dealkylation sites (tertiary alicyclic amines) is 1. The van der Waals surface area contributed by atoms with Crippen molar-refractivity contribution < 1.29 is 23.8 Å². The normalized spacial score (nSPS) is 20.3. The Kier molecular flexibility index (Phi) is 7.64. The predicted molar refractivity (Wildman–Crippen MR) is 139 cm³/mol. The summed E-state index contributed by atoms with van der Waals surface area (Å²) in [6.07, 6.45) is 2.63. The number of phenols is 1. The minimum atomic E-state index is -0.466. The number of piperidine rings is 1. The smallest absolute Gasteiger partial charge is 0.270 e. The minimum Gasteiger partial charge on any atom is -0.508 e. The number of carbonyl (C=O) groups excluding carboxylic acids is 1. The summed E-state index contributed by atoms with van der Waals surface area (Å²) in [5.41, 5.74) is 8.49. The van der Waals surface area contributed by atoms with Gasteiger partial charge in [-0.1, -0.05) is 6.07 Å². The second kappa shape index (κ2) is 11.1. The molecule has 5 rings (SSSR count). The second-order valence-electron chi connectivity index (χ2n) is 10.1. The highest BCUT2D eigenvalue weighted by Crippen LogP contribution is 2.34. The van der Waals surface area contributed by atoms with Crippen LogP contribution >= 0.6 is 0 Å². The van der Waals surface area contributed by atoms with Gasteiger partial charge in [-0.15, -0.1) is 0 Å². The minimum absolute atomic E-state index is 0.00717. The van der Waals surface area contributed by atoms with Gasteiger partial charge in [0.05, 0.1) is 26.4 Å². The number of phenolic OH excluding ortho intramolecular Hbond substituents is 1. The number of ether oxygens (including phenoxy) is 2. The molecule has 2 aliphatic heterocycles. The van der Waals surface area contributed by atoms with Crippen molar-refractivity contribution in [2.24, 2.45) is 11.7 Å². The molecule has 2 atom stereocenters. The van der Waals surface area contributed by atoms with Crippen LogP contribution in [0, 0.1) is 11.7 Å². The molecule has 37 heavy (non-hydrogen) atoms. The third kappa shape index (κ3) is 5.58. The Labute approximate surface area is 216 Å². The summed E-state index contributed by atoms with van der Waals surface area (Å²) in [4.78, 5) is 21.0. The average molecular weight is 511 g/mol. The highest BCUT2D eigenvalue weighted by atomic mass is 19.1. The molecule has 9 heteroatoms. The van der Waals surface area contributed by atoms with Gasteiger partial charge in [0.2, 0.25) is 0 Å². The van der Waals surface area contributed by atoms with Crippen molar-refractivity contribution in [3.8, 4) is 11.5 Å². The molecule has 0 saturated carbocycles. The largest absolute Gasteiger partial charge is 0.508 e. The highest BCUT2D eigenvalue weighted by molar-refractivity contribution is 5.98. The van der Waals surface area contributed by atoms with Gasteiger partial charge in [-0.2, -0.15) is 0 Å². The molecule has 198 valence electrons. The summed E-state index contributed by atoms with van der Waals surface area (Å²) < 4.78 is 24.4. The molecule has 2 fully saturated rings. The zero-order chi connectivity index (χ0) is 25.9. The summed E-state index contributed by atoms with van der Waals surface area (Å²) in [5, 5.41) is 11.1. The number of methoxy groups -OCH3 is 1. The third-order valence-electron chi connectivity index (χ3n) is 7.82. The number of aromatic nitrogens is 1. The molecule has 2 aromatic carbocycles. The molecular weight excluding hydrogens is 475 g/mol. The maximum absolute atomic E-state index is 13.4. The number of carbonyl (C=O) groups is 1. The van der Waals surface area contributed by atoms with E-state index in [9.17, 15) is 14.3 Å². The summed E-state index contributed by atoms with van der Waals surface area (Å²) in [7, 11) is 1.63. The number of fused-ring (bicyclic) bond motifs is 1. The van der Waals surface area contributed by atoms with Crippen LogP contribution < -0.4 is 10.5 Å². The van der Waals surface area contributed by atoms with Gasteiger partial charge >= 0.3 is 0 Å². The van der Waals surface area contributed by atoms with Crippen molar-refractivity contribution in [2.75, 3.05) is 46.5 Å². The monoisotopic (exact) mass is 510 g/mol.